The summed E-state index contributed by atoms with van der Waals surface area (Å²) in [6.45, 7) is 0.608. The Labute approximate surface area is 123 Å². The summed E-state index contributed by atoms with van der Waals surface area (Å²) in [6, 6.07) is 0.760. The molecule has 1 saturated heterocycles. The zero-order valence-corrected chi connectivity index (χ0v) is 11.5. The van der Waals surface area contributed by atoms with Gasteiger partial charge in [-0.05, 0) is 6.07 Å². The van der Waals surface area contributed by atoms with Crippen LogP contribution in [0.4, 0.5) is 18.0 Å². The molecular weight excluding hydrogens is 313 g/mol. The fourth-order valence-corrected chi connectivity index (χ4v) is 2.20. The van der Waals surface area contributed by atoms with E-state index in [1.807, 2.05) is 0 Å². The summed E-state index contributed by atoms with van der Waals surface area (Å²) >= 11 is 5.74. The van der Waals surface area contributed by atoms with Gasteiger partial charge in [0.15, 0.2) is 0 Å². The van der Waals surface area contributed by atoms with E-state index in [2.05, 4.69) is 4.98 Å². The van der Waals surface area contributed by atoms with Gasteiger partial charge in [0.1, 0.15) is 11.1 Å². The zero-order valence-electron chi connectivity index (χ0n) is 10.7. The monoisotopic (exact) mass is 324 g/mol. The van der Waals surface area contributed by atoms with Gasteiger partial charge in [-0.2, -0.15) is 13.2 Å². The fourth-order valence-electron chi connectivity index (χ4n) is 1.99. The predicted molar refractivity (Wildman–Crippen MR) is 67.5 cm³/mol. The van der Waals surface area contributed by atoms with Crippen LogP contribution in [0.25, 0.3) is 0 Å². The van der Waals surface area contributed by atoms with Crippen LogP contribution in [0.15, 0.2) is 12.3 Å². The van der Waals surface area contributed by atoms with Crippen LogP contribution in [0, 0.1) is 0 Å². The second-order valence-corrected chi connectivity index (χ2v) is 5.00. The number of ether oxygens (including phenoxy) is 1. The molecule has 116 valence electrons. The minimum atomic E-state index is -4.51. The van der Waals surface area contributed by atoms with Crippen LogP contribution in [0.1, 0.15) is 18.4 Å². The van der Waals surface area contributed by atoms with Crippen molar-refractivity contribution in [2.45, 2.75) is 25.1 Å². The maximum atomic E-state index is 12.5. The minimum absolute atomic E-state index is 0.0709. The van der Waals surface area contributed by atoms with Gasteiger partial charge in [-0.15, -0.1) is 0 Å². The molecule has 0 aromatic carbocycles. The highest BCUT2D eigenvalue weighted by molar-refractivity contribution is 6.31. The van der Waals surface area contributed by atoms with Gasteiger partial charge in [0, 0.05) is 32.1 Å². The number of pyridine rings is 1. The van der Waals surface area contributed by atoms with Crippen LogP contribution in [0.2, 0.25) is 5.02 Å². The Balaban J connectivity index is 2.00. The van der Waals surface area contributed by atoms with Crippen molar-refractivity contribution in [2.75, 3.05) is 13.1 Å². The first kappa shape index (κ1) is 15.7. The SMILES string of the molecule is O=C(O)N1CCC(Oc2ncc(C(F)(F)F)cc2Cl)CC1. The topological polar surface area (TPSA) is 62.7 Å². The number of rotatable bonds is 2. The summed E-state index contributed by atoms with van der Waals surface area (Å²) in [5.41, 5.74) is -0.944. The standard InChI is InChI=1S/C12H12ClF3N2O3/c13-9-5-7(12(14,15)16)6-17-10(9)21-8-1-3-18(4-2-8)11(19)20/h5-6,8H,1-4H2,(H,19,20). The summed E-state index contributed by atoms with van der Waals surface area (Å²) in [6.07, 6.45) is -4.30. The third kappa shape index (κ3) is 3.90. The summed E-state index contributed by atoms with van der Waals surface area (Å²) in [4.78, 5) is 15.6. The molecule has 1 aliphatic rings. The molecule has 0 aliphatic carbocycles. The predicted octanol–water partition coefficient (Wildman–Crippen LogP) is 3.28. The van der Waals surface area contributed by atoms with Crippen molar-refractivity contribution in [1.82, 2.24) is 9.88 Å². The van der Waals surface area contributed by atoms with Gasteiger partial charge in [0.2, 0.25) is 5.88 Å². The van der Waals surface area contributed by atoms with Crippen LogP contribution < -0.4 is 4.74 Å². The molecule has 2 heterocycles. The normalized spacial score (nSPS) is 16.9. The van der Waals surface area contributed by atoms with Crippen molar-refractivity contribution in [1.29, 1.82) is 0 Å². The summed E-state index contributed by atoms with van der Waals surface area (Å²) < 4.78 is 42.9. The van der Waals surface area contributed by atoms with Crippen molar-refractivity contribution in [3.63, 3.8) is 0 Å². The quantitative estimate of drug-likeness (QED) is 0.907. The maximum absolute atomic E-state index is 12.5. The third-order valence-electron chi connectivity index (χ3n) is 3.13. The fraction of sp³-hybridized carbons (Fsp3) is 0.500. The van der Waals surface area contributed by atoms with E-state index in [0.717, 1.165) is 6.07 Å². The molecule has 1 aromatic rings. The molecule has 21 heavy (non-hydrogen) atoms. The first-order valence-electron chi connectivity index (χ1n) is 6.14. The first-order chi connectivity index (χ1) is 9.77. The van der Waals surface area contributed by atoms with Gasteiger partial charge < -0.3 is 14.7 Å². The number of hydrogen-bond donors (Lipinski definition) is 1. The Morgan fingerprint density at radius 3 is 2.52 bits per heavy atom. The van der Waals surface area contributed by atoms with E-state index < -0.39 is 17.8 Å². The van der Waals surface area contributed by atoms with E-state index in [1.165, 1.54) is 4.90 Å². The van der Waals surface area contributed by atoms with Crippen molar-refractivity contribution in [3.05, 3.63) is 22.8 Å². The molecular formula is C12H12ClF3N2O3. The molecule has 1 N–H and O–H groups in total. The lowest BCUT2D eigenvalue weighted by molar-refractivity contribution is -0.137. The molecule has 0 unspecified atom stereocenters. The highest BCUT2D eigenvalue weighted by Crippen LogP contribution is 2.33. The molecule has 9 heteroatoms. The van der Waals surface area contributed by atoms with Gasteiger partial charge >= 0.3 is 12.3 Å². The van der Waals surface area contributed by atoms with E-state index in [0.29, 0.717) is 32.1 Å². The Kier molecular flexibility index (Phi) is 4.46. The number of nitrogens with zero attached hydrogens (tertiary/aromatic N) is 2. The number of alkyl halides is 3. The summed E-state index contributed by atoms with van der Waals surface area (Å²) in [7, 11) is 0. The molecule has 1 fully saturated rings. The van der Waals surface area contributed by atoms with E-state index in [-0.39, 0.29) is 17.0 Å². The number of hydrogen-bond acceptors (Lipinski definition) is 3. The largest absolute Gasteiger partial charge is 0.473 e. The summed E-state index contributed by atoms with van der Waals surface area (Å²) in [5.74, 6) is -0.0709. The number of aromatic nitrogens is 1. The van der Waals surface area contributed by atoms with Crippen molar-refractivity contribution in [3.8, 4) is 5.88 Å². The van der Waals surface area contributed by atoms with Crippen molar-refractivity contribution >= 4 is 17.7 Å². The van der Waals surface area contributed by atoms with Gasteiger partial charge in [-0.25, -0.2) is 9.78 Å². The van der Waals surface area contributed by atoms with Crippen LogP contribution in [-0.4, -0.2) is 40.3 Å². The van der Waals surface area contributed by atoms with Gasteiger partial charge in [-0.1, -0.05) is 11.6 Å². The Morgan fingerprint density at radius 2 is 2.05 bits per heavy atom. The lowest BCUT2D eigenvalue weighted by atomic mass is 10.1. The Morgan fingerprint density at radius 1 is 1.43 bits per heavy atom. The van der Waals surface area contributed by atoms with Crippen molar-refractivity contribution in [2.24, 2.45) is 0 Å². The molecule has 0 bridgehead atoms. The lowest BCUT2D eigenvalue weighted by Crippen LogP contribution is -2.41. The second-order valence-electron chi connectivity index (χ2n) is 4.60. The number of carbonyl (C=O) groups is 1. The number of likely N-dealkylation sites (tertiary alicyclic amines) is 1. The van der Waals surface area contributed by atoms with E-state index in [4.69, 9.17) is 21.4 Å². The third-order valence-corrected chi connectivity index (χ3v) is 3.40. The number of carboxylic acid groups (broad SMARTS) is 1. The molecule has 0 spiro atoms. The first-order valence-corrected chi connectivity index (χ1v) is 6.52. The molecule has 1 aromatic heterocycles. The van der Waals surface area contributed by atoms with Crippen LogP contribution in [-0.2, 0) is 6.18 Å². The molecule has 0 saturated carbocycles. The molecule has 1 amide bonds. The maximum Gasteiger partial charge on any atom is 0.417 e. The molecule has 0 atom stereocenters. The van der Waals surface area contributed by atoms with Gasteiger partial charge in [0.05, 0.1) is 5.56 Å². The minimum Gasteiger partial charge on any atom is -0.473 e. The van der Waals surface area contributed by atoms with E-state index in [1.54, 1.807) is 0 Å². The number of amides is 1. The Hall–Kier alpha value is -1.70. The number of halogens is 4. The van der Waals surface area contributed by atoms with Crippen LogP contribution >= 0.6 is 11.6 Å². The van der Waals surface area contributed by atoms with Crippen LogP contribution in [0.3, 0.4) is 0 Å². The van der Waals surface area contributed by atoms with Crippen LogP contribution in [0.5, 0.6) is 5.88 Å². The number of piperidine rings is 1. The summed E-state index contributed by atoms with van der Waals surface area (Å²) in [5, 5.41) is 8.59. The second kappa shape index (κ2) is 5.97. The highest BCUT2D eigenvalue weighted by Gasteiger charge is 2.32. The lowest BCUT2D eigenvalue weighted by Gasteiger charge is -2.30. The van der Waals surface area contributed by atoms with Gasteiger partial charge in [-0.3, -0.25) is 0 Å². The molecule has 2 rings (SSSR count). The molecule has 5 nitrogen and oxygen atoms in total. The van der Waals surface area contributed by atoms with Gasteiger partial charge in [0.25, 0.3) is 0 Å². The van der Waals surface area contributed by atoms with E-state index >= 15 is 0 Å². The molecule has 1 aliphatic heterocycles. The zero-order chi connectivity index (χ0) is 15.6. The smallest absolute Gasteiger partial charge is 0.417 e. The van der Waals surface area contributed by atoms with Crippen molar-refractivity contribution < 1.29 is 27.8 Å². The highest BCUT2D eigenvalue weighted by atomic mass is 35.5. The molecule has 0 radical (unpaired) electrons. The average molecular weight is 325 g/mol. The van der Waals surface area contributed by atoms with E-state index in [9.17, 15) is 18.0 Å². The Bertz CT molecular complexity index is 531. The average Bonchev–Trinajstić information content (AvgIpc) is 2.40.